The number of halogens is 1. The molecule has 1 N–H and O–H groups in total. The highest BCUT2D eigenvalue weighted by atomic mass is 35.5. The van der Waals surface area contributed by atoms with Crippen LogP contribution >= 0.6 is 22.9 Å². The molecule has 1 unspecified atom stereocenters. The van der Waals surface area contributed by atoms with E-state index in [0.29, 0.717) is 17.1 Å². The number of benzene rings is 1. The molecule has 4 nitrogen and oxygen atoms in total. The van der Waals surface area contributed by atoms with E-state index in [1.165, 1.54) is 0 Å². The van der Waals surface area contributed by atoms with E-state index in [1.807, 2.05) is 30.7 Å². The molecule has 0 radical (unpaired) electrons. The number of carbonyl (C=O) groups excluding carboxylic acids is 2. The quantitative estimate of drug-likeness (QED) is 0.847. The van der Waals surface area contributed by atoms with Crippen LogP contribution in [0.4, 0.5) is 0 Å². The molecular formula is C18H21ClN2O2S. The van der Waals surface area contributed by atoms with E-state index in [1.54, 1.807) is 47.5 Å². The fraction of sp³-hybridized carbons (Fsp3) is 0.333. The molecule has 0 spiro atoms. The molecule has 0 aliphatic heterocycles. The number of likely N-dealkylation sites (N-methyl/N-ethyl adjacent to an activating group) is 1. The van der Waals surface area contributed by atoms with E-state index >= 15 is 0 Å². The molecule has 1 atom stereocenters. The van der Waals surface area contributed by atoms with Gasteiger partial charge in [-0.2, -0.15) is 11.3 Å². The van der Waals surface area contributed by atoms with Crippen molar-refractivity contribution < 1.29 is 9.59 Å². The van der Waals surface area contributed by atoms with Crippen molar-refractivity contribution in [2.75, 3.05) is 7.05 Å². The first kappa shape index (κ1) is 18.5. The molecule has 0 aliphatic carbocycles. The minimum atomic E-state index is -0.572. The van der Waals surface area contributed by atoms with Crippen LogP contribution in [0.5, 0.6) is 0 Å². The molecule has 24 heavy (non-hydrogen) atoms. The minimum Gasteiger partial charge on any atom is -0.340 e. The summed E-state index contributed by atoms with van der Waals surface area (Å²) in [5, 5.41) is 7.41. The summed E-state index contributed by atoms with van der Waals surface area (Å²) >= 11 is 7.44. The van der Waals surface area contributed by atoms with Gasteiger partial charge in [-0.1, -0.05) is 25.4 Å². The molecular weight excluding hydrogens is 344 g/mol. The number of carbonyl (C=O) groups is 2. The lowest BCUT2D eigenvalue weighted by molar-refractivity contribution is -0.133. The van der Waals surface area contributed by atoms with Crippen molar-refractivity contribution in [3.63, 3.8) is 0 Å². The zero-order valence-corrected chi connectivity index (χ0v) is 15.5. The Labute approximate surface area is 151 Å². The number of thiophene rings is 1. The fourth-order valence-electron chi connectivity index (χ4n) is 2.31. The van der Waals surface area contributed by atoms with E-state index in [9.17, 15) is 9.59 Å². The third kappa shape index (κ3) is 4.82. The van der Waals surface area contributed by atoms with Crippen LogP contribution in [-0.4, -0.2) is 29.8 Å². The van der Waals surface area contributed by atoms with E-state index in [0.717, 1.165) is 5.56 Å². The summed E-state index contributed by atoms with van der Waals surface area (Å²) in [6.45, 7) is 4.37. The summed E-state index contributed by atoms with van der Waals surface area (Å²) in [5.74, 6) is -0.389. The first-order valence-electron chi connectivity index (χ1n) is 7.71. The van der Waals surface area contributed by atoms with Crippen LogP contribution < -0.4 is 5.32 Å². The molecule has 0 saturated carbocycles. The second-order valence-corrected chi connectivity index (χ2v) is 7.24. The molecule has 2 amide bonds. The van der Waals surface area contributed by atoms with Gasteiger partial charge in [0, 0.05) is 24.2 Å². The summed E-state index contributed by atoms with van der Waals surface area (Å²) in [6.07, 6.45) is 0. The van der Waals surface area contributed by atoms with E-state index < -0.39 is 6.04 Å². The van der Waals surface area contributed by atoms with Gasteiger partial charge in [0.1, 0.15) is 6.04 Å². The maximum atomic E-state index is 12.7. The van der Waals surface area contributed by atoms with Crippen LogP contribution in [0, 0.1) is 5.92 Å². The molecule has 1 aromatic heterocycles. The third-order valence-electron chi connectivity index (χ3n) is 3.70. The molecule has 128 valence electrons. The standard InChI is InChI=1S/C18H21ClN2O2S/c1-12(2)16(18(23)21(3)10-13-8-9-24-11-13)20-17(22)14-4-6-15(19)7-5-14/h4-9,11-12,16H,10H2,1-3H3,(H,20,22). The van der Waals surface area contributed by atoms with Crippen LogP contribution in [0.3, 0.4) is 0 Å². The van der Waals surface area contributed by atoms with Gasteiger partial charge in [-0.15, -0.1) is 0 Å². The first-order valence-corrected chi connectivity index (χ1v) is 9.03. The lowest BCUT2D eigenvalue weighted by Gasteiger charge is -2.27. The molecule has 0 aliphatic rings. The number of amides is 2. The lowest BCUT2D eigenvalue weighted by atomic mass is 10.0. The van der Waals surface area contributed by atoms with Gasteiger partial charge in [0.25, 0.3) is 5.91 Å². The monoisotopic (exact) mass is 364 g/mol. The average molecular weight is 365 g/mol. The van der Waals surface area contributed by atoms with Crippen molar-refractivity contribution in [3.8, 4) is 0 Å². The normalized spacial score (nSPS) is 12.0. The van der Waals surface area contributed by atoms with Gasteiger partial charge in [0.15, 0.2) is 0 Å². The molecule has 1 aromatic carbocycles. The molecule has 0 bridgehead atoms. The Kier molecular flexibility index (Phi) is 6.40. The molecule has 1 heterocycles. The Hall–Kier alpha value is -1.85. The molecule has 2 rings (SSSR count). The predicted octanol–water partition coefficient (Wildman–Crippen LogP) is 3.81. The predicted molar refractivity (Wildman–Crippen MR) is 98.3 cm³/mol. The lowest BCUT2D eigenvalue weighted by Crippen LogP contribution is -2.50. The third-order valence-corrected chi connectivity index (χ3v) is 4.69. The maximum absolute atomic E-state index is 12.7. The Balaban J connectivity index is 2.06. The van der Waals surface area contributed by atoms with E-state index in [4.69, 9.17) is 11.6 Å². The summed E-state index contributed by atoms with van der Waals surface area (Å²) in [7, 11) is 1.75. The van der Waals surface area contributed by atoms with Crippen molar-refractivity contribution in [3.05, 3.63) is 57.2 Å². The minimum absolute atomic E-state index is 0.0151. The maximum Gasteiger partial charge on any atom is 0.251 e. The van der Waals surface area contributed by atoms with Crippen LogP contribution in [0.2, 0.25) is 5.02 Å². The first-order chi connectivity index (χ1) is 11.4. The highest BCUT2D eigenvalue weighted by molar-refractivity contribution is 7.07. The van der Waals surface area contributed by atoms with Gasteiger partial charge in [-0.25, -0.2) is 0 Å². The van der Waals surface area contributed by atoms with Crippen molar-refractivity contribution in [2.45, 2.75) is 26.4 Å². The highest BCUT2D eigenvalue weighted by Crippen LogP contribution is 2.13. The fourth-order valence-corrected chi connectivity index (χ4v) is 3.10. The summed E-state index contributed by atoms with van der Waals surface area (Å²) in [6, 6.07) is 8.03. The Morgan fingerprint density at radius 1 is 1.21 bits per heavy atom. The Morgan fingerprint density at radius 3 is 2.42 bits per heavy atom. The van der Waals surface area contributed by atoms with Crippen molar-refractivity contribution >= 4 is 34.8 Å². The van der Waals surface area contributed by atoms with Crippen LogP contribution in [0.1, 0.15) is 29.8 Å². The SMILES string of the molecule is CC(C)C(NC(=O)c1ccc(Cl)cc1)C(=O)N(C)Cc1ccsc1. The second-order valence-electron chi connectivity index (χ2n) is 6.03. The van der Waals surface area contributed by atoms with Crippen LogP contribution in [0.25, 0.3) is 0 Å². The van der Waals surface area contributed by atoms with Gasteiger partial charge in [-0.05, 0) is 52.6 Å². The van der Waals surface area contributed by atoms with Crippen LogP contribution in [0.15, 0.2) is 41.1 Å². The largest absolute Gasteiger partial charge is 0.340 e. The van der Waals surface area contributed by atoms with Crippen molar-refractivity contribution in [2.24, 2.45) is 5.92 Å². The van der Waals surface area contributed by atoms with Gasteiger partial charge in [0.05, 0.1) is 0 Å². The Bertz CT molecular complexity index is 684. The van der Waals surface area contributed by atoms with Gasteiger partial charge < -0.3 is 10.2 Å². The second kappa shape index (κ2) is 8.31. The van der Waals surface area contributed by atoms with Crippen molar-refractivity contribution in [1.29, 1.82) is 0 Å². The van der Waals surface area contributed by atoms with Gasteiger partial charge in [-0.3, -0.25) is 9.59 Å². The number of hydrogen-bond acceptors (Lipinski definition) is 3. The van der Waals surface area contributed by atoms with E-state index in [-0.39, 0.29) is 17.7 Å². The summed E-state index contributed by atoms with van der Waals surface area (Å²) in [4.78, 5) is 26.8. The zero-order chi connectivity index (χ0) is 17.7. The van der Waals surface area contributed by atoms with Crippen molar-refractivity contribution in [1.82, 2.24) is 10.2 Å². The topological polar surface area (TPSA) is 49.4 Å². The molecule has 0 saturated heterocycles. The zero-order valence-electron chi connectivity index (χ0n) is 14.0. The highest BCUT2D eigenvalue weighted by Gasteiger charge is 2.27. The molecule has 2 aromatic rings. The molecule has 6 heteroatoms. The average Bonchev–Trinajstić information content (AvgIpc) is 3.05. The summed E-state index contributed by atoms with van der Waals surface area (Å²) in [5.41, 5.74) is 1.57. The number of nitrogens with zero attached hydrogens (tertiary/aromatic N) is 1. The number of rotatable bonds is 6. The number of hydrogen-bond donors (Lipinski definition) is 1. The molecule has 0 fully saturated rings. The van der Waals surface area contributed by atoms with Crippen LogP contribution in [-0.2, 0) is 11.3 Å². The smallest absolute Gasteiger partial charge is 0.251 e. The number of nitrogens with one attached hydrogen (secondary N) is 1. The van der Waals surface area contributed by atoms with Gasteiger partial charge in [0.2, 0.25) is 5.91 Å². The van der Waals surface area contributed by atoms with Gasteiger partial charge >= 0.3 is 0 Å². The van der Waals surface area contributed by atoms with E-state index in [2.05, 4.69) is 5.32 Å². The summed E-state index contributed by atoms with van der Waals surface area (Å²) < 4.78 is 0. The Morgan fingerprint density at radius 2 is 1.88 bits per heavy atom.